The summed E-state index contributed by atoms with van der Waals surface area (Å²) in [6.45, 7) is 5.91. The summed E-state index contributed by atoms with van der Waals surface area (Å²) in [5, 5.41) is 6.82. The molecule has 3 aromatic rings. The molecule has 0 radical (unpaired) electrons. The van der Waals surface area contributed by atoms with Crippen molar-refractivity contribution in [2.24, 2.45) is 0 Å². The minimum absolute atomic E-state index is 0.648. The summed E-state index contributed by atoms with van der Waals surface area (Å²) in [5.74, 6) is 0.910. The molecule has 5 heteroatoms. The summed E-state index contributed by atoms with van der Waals surface area (Å²) in [6, 6.07) is 19.1. The molecule has 26 heavy (non-hydrogen) atoms. The first kappa shape index (κ1) is 17.1. The summed E-state index contributed by atoms with van der Waals surface area (Å²) in [5.41, 5.74) is 1.44. The van der Waals surface area contributed by atoms with E-state index in [-0.39, 0.29) is 0 Å². The fourth-order valence-corrected chi connectivity index (χ4v) is 3.86. The number of piperazine rings is 1. The van der Waals surface area contributed by atoms with E-state index in [2.05, 4.69) is 52.7 Å². The molecule has 0 aliphatic carbocycles. The van der Waals surface area contributed by atoms with Crippen molar-refractivity contribution >= 4 is 28.1 Å². The van der Waals surface area contributed by atoms with E-state index in [4.69, 9.17) is 16.6 Å². The second kappa shape index (κ2) is 7.89. The summed E-state index contributed by atoms with van der Waals surface area (Å²) in [7, 11) is 0. The fraction of sp³-hybridized carbons (Fsp3) is 0.286. The molecule has 0 amide bonds. The van der Waals surface area contributed by atoms with Crippen molar-refractivity contribution in [3.8, 4) is 0 Å². The van der Waals surface area contributed by atoms with E-state index in [0.717, 1.165) is 43.6 Å². The standard InChI is InChI=1S/C21H23N3OS/c26-21(22-15-19-8-4-14-25-19)24-12-10-23(11-13-24)16-18-7-3-6-17-5-1-2-9-20(17)18/h1-9,14H,10-13,15-16H2,(H,22,26)/p+1. The number of furan rings is 1. The van der Waals surface area contributed by atoms with E-state index < -0.39 is 0 Å². The summed E-state index contributed by atoms with van der Waals surface area (Å²) >= 11 is 5.54. The van der Waals surface area contributed by atoms with Gasteiger partial charge in [-0.25, -0.2) is 0 Å². The maximum atomic E-state index is 5.54. The first-order valence-electron chi connectivity index (χ1n) is 9.15. The maximum absolute atomic E-state index is 5.54. The van der Waals surface area contributed by atoms with Crippen molar-refractivity contribution < 1.29 is 9.32 Å². The van der Waals surface area contributed by atoms with E-state index in [0.29, 0.717) is 6.54 Å². The molecule has 1 aliphatic rings. The van der Waals surface area contributed by atoms with Gasteiger partial charge < -0.3 is 19.5 Å². The van der Waals surface area contributed by atoms with Crippen LogP contribution in [-0.2, 0) is 13.1 Å². The first-order chi connectivity index (χ1) is 12.8. The van der Waals surface area contributed by atoms with Crippen molar-refractivity contribution in [1.82, 2.24) is 10.2 Å². The Labute approximate surface area is 159 Å². The minimum Gasteiger partial charge on any atom is -0.467 e. The molecule has 1 fully saturated rings. The number of rotatable bonds is 4. The molecule has 0 spiro atoms. The molecule has 0 saturated carbocycles. The number of nitrogens with one attached hydrogen (secondary N) is 2. The van der Waals surface area contributed by atoms with Crippen LogP contribution in [-0.4, -0.2) is 36.2 Å². The molecule has 4 nitrogen and oxygen atoms in total. The van der Waals surface area contributed by atoms with Crippen LogP contribution in [0, 0.1) is 0 Å². The van der Waals surface area contributed by atoms with Gasteiger partial charge in [-0.1, -0.05) is 42.5 Å². The van der Waals surface area contributed by atoms with Gasteiger partial charge in [-0.05, 0) is 35.1 Å². The SMILES string of the molecule is S=C(NCc1ccco1)N1CC[NH+](Cc2cccc3ccccc23)CC1. The second-order valence-electron chi connectivity index (χ2n) is 6.79. The molecule has 0 bridgehead atoms. The normalized spacial score (nSPS) is 15.3. The van der Waals surface area contributed by atoms with Gasteiger partial charge >= 0.3 is 0 Å². The summed E-state index contributed by atoms with van der Waals surface area (Å²) in [4.78, 5) is 3.89. The Balaban J connectivity index is 1.31. The lowest BCUT2D eigenvalue weighted by Crippen LogP contribution is -3.13. The lowest BCUT2D eigenvalue weighted by molar-refractivity contribution is -0.917. The number of hydrogen-bond acceptors (Lipinski definition) is 2. The molecule has 134 valence electrons. The molecule has 1 aromatic heterocycles. The highest BCUT2D eigenvalue weighted by Gasteiger charge is 2.22. The molecular formula is C21H24N3OS+. The minimum atomic E-state index is 0.648. The van der Waals surface area contributed by atoms with Gasteiger partial charge in [0.2, 0.25) is 0 Å². The highest BCUT2D eigenvalue weighted by Crippen LogP contribution is 2.17. The van der Waals surface area contributed by atoms with Crippen LogP contribution in [0.5, 0.6) is 0 Å². The van der Waals surface area contributed by atoms with Crippen molar-refractivity contribution in [2.75, 3.05) is 26.2 Å². The molecule has 4 rings (SSSR count). The molecule has 1 saturated heterocycles. The quantitative estimate of drug-likeness (QED) is 0.694. The van der Waals surface area contributed by atoms with E-state index in [1.807, 2.05) is 12.1 Å². The molecule has 0 atom stereocenters. The Morgan fingerprint density at radius 3 is 2.65 bits per heavy atom. The van der Waals surface area contributed by atoms with Gasteiger partial charge in [0.05, 0.1) is 39.0 Å². The van der Waals surface area contributed by atoms with Crippen molar-refractivity contribution in [3.05, 3.63) is 72.2 Å². The summed E-state index contributed by atoms with van der Waals surface area (Å²) < 4.78 is 5.35. The van der Waals surface area contributed by atoms with Gasteiger partial charge in [-0.3, -0.25) is 0 Å². The van der Waals surface area contributed by atoms with E-state index >= 15 is 0 Å². The van der Waals surface area contributed by atoms with Crippen LogP contribution >= 0.6 is 12.2 Å². The van der Waals surface area contributed by atoms with Crippen LogP contribution in [0.4, 0.5) is 0 Å². The third-order valence-electron chi connectivity index (χ3n) is 5.07. The maximum Gasteiger partial charge on any atom is 0.169 e. The van der Waals surface area contributed by atoms with Crippen LogP contribution in [0.2, 0.25) is 0 Å². The van der Waals surface area contributed by atoms with Gasteiger partial charge in [0.25, 0.3) is 0 Å². The Bertz CT molecular complexity index is 865. The number of fused-ring (bicyclic) bond motifs is 1. The lowest BCUT2D eigenvalue weighted by atomic mass is 10.0. The average molecular weight is 367 g/mol. The highest BCUT2D eigenvalue weighted by molar-refractivity contribution is 7.80. The average Bonchev–Trinajstić information content (AvgIpc) is 3.21. The van der Waals surface area contributed by atoms with Gasteiger partial charge in [0.15, 0.2) is 5.11 Å². The van der Waals surface area contributed by atoms with Crippen LogP contribution in [0.1, 0.15) is 11.3 Å². The third-order valence-corrected chi connectivity index (χ3v) is 5.47. The Morgan fingerprint density at radius 1 is 1.04 bits per heavy atom. The number of quaternary nitrogens is 1. The number of thiocarbonyl (C=S) groups is 1. The van der Waals surface area contributed by atoms with Crippen LogP contribution in [0.25, 0.3) is 10.8 Å². The highest BCUT2D eigenvalue weighted by atomic mass is 32.1. The largest absolute Gasteiger partial charge is 0.467 e. The van der Waals surface area contributed by atoms with Crippen LogP contribution in [0.15, 0.2) is 65.3 Å². The van der Waals surface area contributed by atoms with Crippen molar-refractivity contribution in [2.45, 2.75) is 13.1 Å². The predicted molar refractivity (Wildman–Crippen MR) is 108 cm³/mol. The fourth-order valence-electron chi connectivity index (χ4n) is 3.61. The zero-order chi connectivity index (χ0) is 17.8. The molecule has 0 unspecified atom stereocenters. The van der Waals surface area contributed by atoms with E-state index in [1.165, 1.54) is 16.3 Å². The number of benzene rings is 2. The monoisotopic (exact) mass is 366 g/mol. The molecule has 2 aromatic carbocycles. The third kappa shape index (κ3) is 3.89. The lowest BCUT2D eigenvalue weighted by Gasteiger charge is -2.34. The van der Waals surface area contributed by atoms with Gasteiger partial charge in [0, 0.05) is 5.56 Å². The smallest absolute Gasteiger partial charge is 0.169 e. The Hall–Kier alpha value is -2.37. The van der Waals surface area contributed by atoms with E-state index in [9.17, 15) is 0 Å². The Morgan fingerprint density at radius 2 is 1.85 bits per heavy atom. The first-order valence-corrected chi connectivity index (χ1v) is 9.56. The molecule has 2 N–H and O–H groups in total. The van der Waals surface area contributed by atoms with Gasteiger partial charge in [-0.2, -0.15) is 0 Å². The van der Waals surface area contributed by atoms with Crippen molar-refractivity contribution in [3.63, 3.8) is 0 Å². The summed E-state index contributed by atoms with van der Waals surface area (Å²) in [6.07, 6.45) is 1.69. The number of hydrogen-bond donors (Lipinski definition) is 2. The molecular weight excluding hydrogens is 342 g/mol. The van der Waals surface area contributed by atoms with Gasteiger partial charge in [0.1, 0.15) is 12.3 Å². The van der Waals surface area contributed by atoms with Crippen molar-refractivity contribution in [1.29, 1.82) is 0 Å². The van der Waals surface area contributed by atoms with Crippen LogP contribution in [0.3, 0.4) is 0 Å². The molecule has 2 heterocycles. The second-order valence-corrected chi connectivity index (χ2v) is 7.18. The topological polar surface area (TPSA) is 32.9 Å². The predicted octanol–water partition coefficient (Wildman–Crippen LogP) is 2.21. The molecule has 1 aliphatic heterocycles. The number of nitrogens with zero attached hydrogens (tertiary/aromatic N) is 1. The van der Waals surface area contributed by atoms with E-state index in [1.54, 1.807) is 11.2 Å². The zero-order valence-corrected chi connectivity index (χ0v) is 15.6. The van der Waals surface area contributed by atoms with Gasteiger partial charge in [-0.15, -0.1) is 0 Å². The zero-order valence-electron chi connectivity index (χ0n) is 14.8. The Kier molecular flexibility index (Phi) is 5.18. The van der Waals surface area contributed by atoms with Crippen LogP contribution < -0.4 is 10.2 Å².